The van der Waals surface area contributed by atoms with Crippen LogP contribution in [0.3, 0.4) is 0 Å². The monoisotopic (exact) mass is 303 g/mol. The molecule has 4 heteroatoms. The average Bonchev–Trinajstić information content (AvgIpc) is 3.32. The van der Waals surface area contributed by atoms with Crippen molar-refractivity contribution in [3.8, 4) is 0 Å². The standard InChI is InChI=1S/C18H25NO3/c1-3-22-18(21)12-13-19(16-9-10-16)17(20)11-8-15-6-4-14(2)5-7-15/h4-7,16H,3,8-13H2,1-2H3. The molecule has 0 N–H and O–H groups in total. The number of hydrogen-bond donors (Lipinski definition) is 0. The molecule has 0 aromatic heterocycles. The van der Waals surface area contributed by atoms with Crippen molar-refractivity contribution in [3.05, 3.63) is 35.4 Å². The Hall–Kier alpha value is -1.84. The zero-order chi connectivity index (χ0) is 15.9. The number of nitrogens with zero attached hydrogens (tertiary/aromatic N) is 1. The predicted octanol–water partition coefficient (Wildman–Crippen LogP) is 2.87. The number of esters is 1. The summed E-state index contributed by atoms with van der Waals surface area (Å²) in [5, 5.41) is 0. The molecule has 120 valence electrons. The predicted molar refractivity (Wildman–Crippen MR) is 85.5 cm³/mol. The Morgan fingerprint density at radius 1 is 1.18 bits per heavy atom. The lowest BCUT2D eigenvalue weighted by Gasteiger charge is -2.22. The van der Waals surface area contributed by atoms with Crippen LogP contribution in [0.25, 0.3) is 0 Å². The fraction of sp³-hybridized carbons (Fsp3) is 0.556. The van der Waals surface area contributed by atoms with Gasteiger partial charge in [-0.3, -0.25) is 9.59 Å². The molecule has 4 nitrogen and oxygen atoms in total. The first-order valence-electron chi connectivity index (χ1n) is 8.10. The molecule has 1 aromatic rings. The summed E-state index contributed by atoms with van der Waals surface area (Å²) >= 11 is 0. The second-order valence-corrected chi connectivity index (χ2v) is 5.86. The summed E-state index contributed by atoms with van der Waals surface area (Å²) in [6.45, 7) is 4.72. The lowest BCUT2D eigenvalue weighted by atomic mass is 10.1. The number of amides is 1. The zero-order valence-electron chi connectivity index (χ0n) is 13.5. The van der Waals surface area contributed by atoms with E-state index in [1.54, 1.807) is 6.92 Å². The van der Waals surface area contributed by atoms with Crippen LogP contribution in [0.15, 0.2) is 24.3 Å². The molecule has 1 aliphatic rings. The first kappa shape index (κ1) is 16.5. The van der Waals surface area contributed by atoms with Crippen LogP contribution in [-0.4, -0.2) is 36.0 Å². The fourth-order valence-electron chi connectivity index (χ4n) is 2.49. The Morgan fingerprint density at radius 2 is 1.86 bits per heavy atom. The molecule has 0 saturated heterocycles. The van der Waals surface area contributed by atoms with Crippen molar-refractivity contribution < 1.29 is 14.3 Å². The van der Waals surface area contributed by atoms with Gasteiger partial charge in [0.25, 0.3) is 0 Å². The summed E-state index contributed by atoms with van der Waals surface area (Å²) in [6.07, 6.45) is 3.66. The summed E-state index contributed by atoms with van der Waals surface area (Å²) in [4.78, 5) is 25.7. The van der Waals surface area contributed by atoms with Crippen LogP contribution >= 0.6 is 0 Å². The molecule has 0 aliphatic heterocycles. The summed E-state index contributed by atoms with van der Waals surface area (Å²) in [6, 6.07) is 8.61. The van der Waals surface area contributed by atoms with Crippen LogP contribution in [0, 0.1) is 6.92 Å². The zero-order valence-corrected chi connectivity index (χ0v) is 13.5. The van der Waals surface area contributed by atoms with E-state index in [9.17, 15) is 9.59 Å². The van der Waals surface area contributed by atoms with Gasteiger partial charge in [0.1, 0.15) is 0 Å². The van der Waals surface area contributed by atoms with E-state index >= 15 is 0 Å². The molecule has 0 heterocycles. The molecular formula is C18H25NO3. The first-order chi connectivity index (χ1) is 10.6. The van der Waals surface area contributed by atoms with E-state index < -0.39 is 0 Å². The van der Waals surface area contributed by atoms with Crippen molar-refractivity contribution >= 4 is 11.9 Å². The lowest BCUT2D eigenvalue weighted by molar-refractivity contribution is -0.144. The molecule has 0 radical (unpaired) electrons. The van der Waals surface area contributed by atoms with Gasteiger partial charge in [-0.25, -0.2) is 0 Å². The van der Waals surface area contributed by atoms with E-state index in [2.05, 4.69) is 31.2 Å². The second kappa shape index (κ2) is 7.97. The number of aryl methyl sites for hydroxylation is 2. The van der Waals surface area contributed by atoms with Crippen LogP contribution < -0.4 is 0 Å². The maximum absolute atomic E-state index is 12.4. The van der Waals surface area contributed by atoms with Gasteiger partial charge in [-0.15, -0.1) is 0 Å². The third-order valence-electron chi connectivity index (χ3n) is 3.92. The average molecular weight is 303 g/mol. The molecular weight excluding hydrogens is 278 g/mol. The first-order valence-corrected chi connectivity index (χ1v) is 8.10. The number of benzene rings is 1. The molecule has 0 bridgehead atoms. The molecule has 1 amide bonds. The van der Waals surface area contributed by atoms with E-state index in [0.29, 0.717) is 32.0 Å². The molecule has 2 rings (SSSR count). The quantitative estimate of drug-likeness (QED) is 0.694. The van der Waals surface area contributed by atoms with Crippen molar-refractivity contribution in [2.45, 2.75) is 52.0 Å². The van der Waals surface area contributed by atoms with Gasteiger partial charge in [0.2, 0.25) is 5.91 Å². The summed E-state index contributed by atoms with van der Waals surface area (Å²) < 4.78 is 4.94. The largest absolute Gasteiger partial charge is 0.466 e. The van der Waals surface area contributed by atoms with Crippen LogP contribution in [0.1, 0.15) is 43.7 Å². The summed E-state index contributed by atoms with van der Waals surface area (Å²) in [5.74, 6) is -0.0770. The number of rotatable bonds is 8. The molecule has 1 fully saturated rings. The molecule has 0 atom stereocenters. The van der Waals surface area contributed by atoms with Gasteiger partial charge in [-0.2, -0.15) is 0 Å². The third-order valence-corrected chi connectivity index (χ3v) is 3.92. The van der Waals surface area contributed by atoms with E-state index in [1.807, 2.05) is 4.90 Å². The number of hydrogen-bond acceptors (Lipinski definition) is 3. The van der Waals surface area contributed by atoms with Crippen molar-refractivity contribution in [2.24, 2.45) is 0 Å². The van der Waals surface area contributed by atoms with Crippen molar-refractivity contribution in [2.75, 3.05) is 13.2 Å². The minimum absolute atomic E-state index is 0.146. The Labute approximate surface area is 132 Å². The highest BCUT2D eigenvalue weighted by molar-refractivity contribution is 5.78. The lowest BCUT2D eigenvalue weighted by Crippen LogP contribution is -2.35. The Kier molecular flexibility index (Phi) is 5.99. The SMILES string of the molecule is CCOC(=O)CCN(C(=O)CCc1ccc(C)cc1)C1CC1. The molecule has 0 unspecified atom stereocenters. The highest BCUT2D eigenvalue weighted by Crippen LogP contribution is 2.27. The van der Waals surface area contributed by atoms with Gasteiger partial charge < -0.3 is 9.64 Å². The summed E-state index contributed by atoms with van der Waals surface area (Å²) in [5.41, 5.74) is 2.41. The van der Waals surface area contributed by atoms with E-state index in [-0.39, 0.29) is 11.9 Å². The van der Waals surface area contributed by atoms with E-state index in [4.69, 9.17) is 4.74 Å². The van der Waals surface area contributed by atoms with Crippen LogP contribution in [0.2, 0.25) is 0 Å². The van der Waals surface area contributed by atoms with E-state index in [1.165, 1.54) is 11.1 Å². The maximum Gasteiger partial charge on any atom is 0.307 e. The Morgan fingerprint density at radius 3 is 2.45 bits per heavy atom. The summed E-state index contributed by atoms with van der Waals surface area (Å²) in [7, 11) is 0. The van der Waals surface area contributed by atoms with Gasteiger partial charge in [0, 0.05) is 19.0 Å². The van der Waals surface area contributed by atoms with Crippen LogP contribution in [-0.2, 0) is 20.7 Å². The molecule has 22 heavy (non-hydrogen) atoms. The third kappa shape index (κ3) is 5.17. The highest BCUT2D eigenvalue weighted by atomic mass is 16.5. The Balaban J connectivity index is 1.81. The normalized spacial score (nSPS) is 13.7. The van der Waals surface area contributed by atoms with Crippen molar-refractivity contribution in [3.63, 3.8) is 0 Å². The topological polar surface area (TPSA) is 46.6 Å². The minimum Gasteiger partial charge on any atom is -0.466 e. The number of carbonyl (C=O) groups is 2. The molecule has 1 aromatic carbocycles. The molecule has 0 spiro atoms. The van der Waals surface area contributed by atoms with Crippen LogP contribution in [0.4, 0.5) is 0 Å². The van der Waals surface area contributed by atoms with Crippen LogP contribution in [0.5, 0.6) is 0 Å². The van der Waals surface area contributed by atoms with E-state index in [0.717, 1.165) is 19.3 Å². The molecule has 1 saturated carbocycles. The molecule has 1 aliphatic carbocycles. The van der Waals surface area contributed by atoms with Gasteiger partial charge in [-0.1, -0.05) is 29.8 Å². The van der Waals surface area contributed by atoms with Crippen molar-refractivity contribution in [1.82, 2.24) is 4.90 Å². The maximum atomic E-state index is 12.4. The number of ether oxygens (including phenoxy) is 1. The Bertz CT molecular complexity index is 506. The second-order valence-electron chi connectivity index (χ2n) is 5.86. The number of carbonyl (C=O) groups excluding carboxylic acids is 2. The fourth-order valence-corrected chi connectivity index (χ4v) is 2.49. The van der Waals surface area contributed by atoms with Gasteiger partial charge in [0.15, 0.2) is 0 Å². The highest BCUT2D eigenvalue weighted by Gasteiger charge is 2.32. The van der Waals surface area contributed by atoms with Gasteiger partial charge in [0.05, 0.1) is 13.0 Å². The minimum atomic E-state index is -0.223. The van der Waals surface area contributed by atoms with Gasteiger partial charge >= 0.3 is 5.97 Å². The smallest absolute Gasteiger partial charge is 0.307 e. The van der Waals surface area contributed by atoms with Crippen molar-refractivity contribution in [1.29, 1.82) is 0 Å². The van der Waals surface area contributed by atoms with Gasteiger partial charge in [-0.05, 0) is 38.7 Å².